The van der Waals surface area contributed by atoms with Crippen molar-refractivity contribution in [3.05, 3.63) is 0 Å². The van der Waals surface area contributed by atoms with Crippen molar-refractivity contribution in [3.8, 4) is 0 Å². The Hall–Kier alpha value is -0.0400. The van der Waals surface area contributed by atoms with E-state index in [9.17, 15) is 0 Å². The molecule has 1 rings (SSSR count). The Bertz CT molecular complexity index is 192. The Labute approximate surface area is 95.6 Å². The Morgan fingerprint density at radius 2 is 1.60 bits per heavy atom. The second-order valence-corrected chi connectivity index (χ2v) is 6.50. The van der Waals surface area contributed by atoms with Gasteiger partial charge in [-0.15, -0.1) is 0 Å². The summed E-state index contributed by atoms with van der Waals surface area (Å²) in [5.74, 6) is 0.773. The van der Waals surface area contributed by atoms with Crippen molar-refractivity contribution >= 4 is 0 Å². The van der Waals surface area contributed by atoms with E-state index in [4.69, 9.17) is 4.74 Å². The lowest BCUT2D eigenvalue weighted by atomic mass is 9.54. The van der Waals surface area contributed by atoms with Crippen molar-refractivity contribution in [1.29, 1.82) is 0 Å². The molecule has 0 bridgehead atoms. The van der Waals surface area contributed by atoms with Gasteiger partial charge in [-0.1, -0.05) is 34.6 Å². The van der Waals surface area contributed by atoms with Crippen molar-refractivity contribution in [2.75, 3.05) is 7.11 Å². The van der Waals surface area contributed by atoms with Gasteiger partial charge in [-0.05, 0) is 42.4 Å². The quantitative estimate of drug-likeness (QED) is 0.664. The van der Waals surface area contributed by atoms with Gasteiger partial charge in [-0.3, -0.25) is 0 Å². The van der Waals surface area contributed by atoms with E-state index in [0.717, 1.165) is 5.92 Å². The lowest BCUT2D eigenvalue weighted by molar-refractivity contribution is -0.0542. The first kappa shape index (κ1) is 13.0. The minimum absolute atomic E-state index is 0.417. The van der Waals surface area contributed by atoms with Gasteiger partial charge in [0, 0.05) is 7.11 Å². The fourth-order valence-electron chi connectivity index (χ4n) is 3.54. The van der Waals surface area contributed by atoms with Crippen molar-refractivity contribution in [2.45, 2.75) is 66.4 Å². The summed E-state index contributed by atoms with van der Waals surface area (Å²) < 4.78 is 5.48. The monoisotopic (exact) mass is 212 g/mol. The largest absolute Gasteiger partial charge is 0.381 e. The van der Waals surface area contributed by atoms with Gasteiger partial charge in [0.25, 0.3) is 0 Å². The maximum atomic E-state index is 5.48. The number of hydrogen-bond donors (Lipinski definition) is 0. The molecule has 0 N–H and O–H groups in total. The van der Waals surface area contributed by atoms with Crippen LogP contribution in [-0.2, 0) is 4.74 Å². The highest BCUT2D eigenvalue weighted by Gasteiger charge is 2.46. The van der Waals surface area contributed by atoms with Gasteiger partial charge in [0.2, 0.25) is 0 Å². The third kappa shape index (κ3) is 2.38. The van der Waals surface area contributed by atoms with E-state index >= 15 is 0 Å². The maximum Gasteiger partial charge on any atom is 0.0571 e. The molecule has 0 aromatic heterocycles. The summed E-state index contributed by atoms with van der Waals surface area (Å²) >= 11 is 0. The molecule has 0 unspecified atom stereocenters. The molecule has 1 aliphatic rings. The normalized spacial score (nSPS) is 33.4. The number of rotatable bonds is 2. The third-order valence-corrected chi connectivity index (χ3v) is 4.76. The van der Waals surface area contributed by atoms with E-state index in [1.54, 1.807) is 0 Å². The highest BCUT2D eigenvalue weighted by atomic mass is 16.5. The lowest BCUT2D eigenvalue weighted by Gasteiger charge is -2.52. The smallest absolute Gasteiger partial charge is 0.0571 e. The Kier molecular flexibility index (Phi) is 3.86. The molecule has 90 valence electrons. The minimum Gasteiger partial charge on any atom is -0.381 e. The molecule has 1 heteroatoms. The molecule has 1 aliphatic carbocycles. The van der Waals surface area contributed by atoms with Gasteiger partial charge in [0.1, 0.15) is 0 Å². The summed E-state index contributed by atoms with van der Waals surface area (Å²) in [5.41, 5.74) is 0.932. The van der Waals surface area contributed by atoms with Crippen molar-refractivity contribution in [3.63, 3.8) is 0 Å². The minimum atomic E-state index is 0.417. The Balaban J connectivity index is 2.79. The molecular weight excluding hydrogens is 184 g/mol. The highest BCUT2D eigenvalue weighted by Crippen LogP contribution is 2.54. The summed E-state index contributed by atoms with van der Waals surface area (Å²) in [4.78, 5) is 0. The van der Waals surface area contributed by atoms with Crippen LogP contribution in [0.25, 0.3) is 0 Å². The van der Waals surface area contributed by atoms with Crippen molar-refractivity contribution < 1.29 is 4.74 Å². The molecule has 1 saturated carbocycles. The molecule has 0 spiro atoms. The van der Waals surface area contributed by atoms with E-state index in [2.05, 4.69) is 34.6 Å². The third-order valence-electron chi connectivity index (χ3n) is 4.76. The van der Waals surface area contributed by atoms with Crippen LogP contribution in [0.15, 0.2) is 0 Å². The van der Waals surface area contributed by atoms with Crippen LogP contribution < -0.4 is 0 Å². The van der Waals surface area contributed by atoms with E-state index in [-0.39, 0.29) is 0 Å². The van der Waals surface area contributed by atoms with Crippen molar-refractivity contribution in [2.24, 2.45) is 16.7 Å². The van der Waals surface area contributed by atoms with Crippen LogP contribution in [0.1, 0.15) is 60.3 Å². The second-order valence-electron chi connectivity index (χ2n) is 6.50. The molecule has 0 amide bonds. The summed E-state index contributed by atoms with van der Waals surface area (Å²) in [6.45, 7) is 12.0. The predicted octanol–water partition coefficient (Wildman–Crippen LogP) is 4.26. The van der Waals surface area contributed by atoms with Gasteiger partial charge in [0.05, 0.1) is 6.10 Å². The Morgan fingerprint density at radius 1 is 1.13 bits per heavy atom. The topological polar surface area (TPSA) is 9.23 Å². The number of ether oxygens (including phenoxy) is 1. The molecule has 1 nitrogen and oxygen atoms in total. The van der Waals surface area contributed by atoms with E-state index < -0.39 is 0 Å². The zero-order valence-electron chi connectivity index (χ0n) is 11.4. The molecular formula is C14H28O. The molecule has 0 atom stereocenters. The molecule has 0 heterocycles. The molecule has 1 fully saturated rings. The zero-order valence-corrected chi connectivity index (χ0v) is 11.4. The zero-order chi connectivity index (χ0) is 11.7. The van der Waals surface area contributed by atoms with Crippen LogP contribution in [0.5, 0.6) is 0 Å². The predicted molar refractivity (Wildman–Crippen MR) is 66.0 cm³/mol. The Morgan fingerprint density at radius 3 is 1.87 bits per heavy atom. The second kappa shape index (κ2) is 4.45. The van der Waals surface area contributed by atoms with Crippen LogP contribution in [0.2, 0.25) is 0 Å². The van der Waals surface area contributed by atoms with Crippen LogP contribution >= 0.6 is 0 Å². The van der Waals surface area contributed by atoms with Crippen LogP contribution in [0, 0.1) is 16.7 Å². The molecule has 15 heavy (non-hydrogen) atoms. The van der Waals surface area contributed by atoms with Gasteiger partial charge in [-0.2, -0.15) is 0 Å². The van der Waals surface area contributed by atoms with Crippen molar-refractivity contribution in [1.82, 2.24) is 0 Å². The first-order valence-electron chi connectivity index (χ1n) is 6.36. The van der Waals surface area contributed by atoms with E-state index in [0.29, 0.717) is 16.9 Å². The summed E-state index contributed by atoms with van der Waals surface area (Å²) in [6.07, 6.45) is 5.65. The van der Waals surface area contributed by atoms with E-state index in [1.807, 2.05) is 7.11 Å². The van der Waals surface area contributed by atoms with Gasteiger partial charge in [-0.25, -0.2) is 0 Å². The summed E-state index contributed by atoms with van der Waals surface area (Å²) in [7, 11) is 1.85. The molecule has 0 saturated heterocycles. The standard InChI is InChI=1S/C14H28O/c1-11(2)14(13(3,4)5)9-7-12(15-6)8-10-14/h11-12H,7-10H2,1-6H3. The molecule has 0 aliphatic heterocycles. The first-order chi connectivity index (χ1) is 6.83. The van der Waals surface area contributed by atoms with Crippen LogP contribution in [0.3, 0.4) is 0 Å². The fraction of sp³-hybridized carbons (Fsp3) is 1.00. The summed E-state index contributed by atoms with van der Waals surface area (Å²) in [6, 6.07) is 0. The summed E-state index contributed by atoms with van der Waals surface area (Å²) in [5, 5.41) is 0. The lowest BCUT2D eigenvalue weighted by Crippen LogP contribution is -2.44. The molecule has 0 aromatic carbocycles. The SMILES string of the molecule is COC1CCC(C(C)C)(C(C)(C)C)CC1. The van der Waals surface area contributed by atoms with Gasteiger partial charge in [0.15, 0.2) is 0 Å². The number of methoxy groups -OCH3 is 1. The average Bonchev–Trinajstić information content (AvgIpc) is 2.16. The average molecular weight is 212 g/mol. The first-order valence-corrected chi connectivity index (χ1v) is 6.36. The fourth-order valence-corrected chi connectivity index (χ4v) is 3.54. The van der Waals surface area contributed by atoms with Crippen LogP contribution in [0.4, 0.5) is 0 Å². The maximum absolute atomic E-state index is 5.48. The molecule has 0 aromatic rings. The number of hydrogen-bond acceptors (Lipinski definition) is 1. The van der Waals surface area contributed by atoms with Gasteiger partial charge < -0.3 is 4.74 Å². The van der Waals surface area contributed by atoms with Crippen LogP contribution in [-0.4, -0.2) is 13.2 Å². The van der Waals surface area contributed by atoms with E-state index in [1.165, 1.54) is 25.7 Å². The van der Waals surface area contributed by atoms with Gasteiger partial charge >= 0.3 is 0 Å². The highest BCUT2D eigenvalue weighted by molar-refractivity contribution is 4.96. The molecule has 0 radical (unpaired) electrons.